The van der Waals surface area contributed by atoms with Crippen LogP contribution >= 0.6 is 0 Å². The van der Waals surface area contributed by atoms with Gasteiger partial charge in [0.05, 0.1) is 11.4 Å². The predicted octanol–water partition coefficient (Wildman–Crippen LogP) is 2.92. The number of anilines is 2. The molecule has 0 aromatic heterocycles. The average Bonchev–Trinajstić information content (AvgIpc) is 2.73. The lowest BCUT2D eigenvalue weighted by atomic mass is 10.0. The number of hydrogen-bond donors (Lipinski definition) is 1. The highest BCUT2D eigenvalue weighted by atomic mass is 15.1. The first-order valence-electron chi connectivity index (χ1n) is 5.41. The summed E-state index contributed by atoms with van der Waals surface area (Å²) in [6.45, 7) is 7.42. The number of aryl methyl sites for hydroxylation is 1. The van der Waals surface area contributed by atoms with Gasteiger partial charge in [0.1, 0.15) is 0 Å². The summed E-state index contributed by atoms with van der Waals surface area (Å²) in [5, 5.41) is 0. The molecule has 0 unspecified atom stereocenters. The lowest BCUT2D eigenvalue weighted by Crippen LogP contribution is -2.15. The van der Waals surface area contributed by atoms with Gasteiger partial charge in [-0.2, -0.15) is 0 Å². The van der Waals surface area contributed by atoms with Gasteiger partial charge in [0.25, 0.3) is 0 Å². The Morgan fingerprint density at radius 1 is 1.20 bits per heavy atom. The highest BCUT2D eigenvalue weighted by molar-refractivity contribution is 5.75. The van der Waals surface area contributed by atoms with Crippen LogP contribution in [0.2, 0.25) is 0 Å². The molecule has 0 saturated carbocycles. The largest absolute Gasteiger partial charge is 0.397 e. The van der Waals surface area contributed by atoms with Gasteiger partial charge in [0, 0.05) is 12.7 Å². The maximum absolute atomic E-state index is 6.16. The Labute approximate surface area is 91.4 Å². The van der Waals surface area contributed by atoms with E-state index in [1.807, 2.05) is 0 Å². The molecular weight excluding hydrogens is 184 g/mol. The van der Waals surface area contributed by atoms with Crippen molar-refractivity contribution >= 4 is 11.4 Å². The Bertz CT molecular complexity index is 419. The fourth-order valence-corrected chi connectivity index (χ4v) is 2.01. The van der Waals surface area contributed by atoms with Crippen molar-refractivity contribution in [3.05, 3.63) is 35.0 Å². The SMILES string of the molecule is Cc1cc(N2C=CCC2)c(N)c(C)c1C. The lowest BCUT2D eigenvalue weighted by molar-refractivity contribution is 0.997. The van der Waals surface area contributed by atoms with Gasteiger partial charge < -0.3 is 10.6 Å². The number of benzene rings is 1. The molecule has 1 heterocycles. The van der Waals surface area contributed by atoms with Gasteiger partial charge in [-0.05, 0) is 49.9 Å². The first-order valence-corrected chi connectivity index (χ1v) is 5.41. The standard InChI is InChI=1S/C13H18N2/c1-9-8-12(15-6-4-5-7-15)13(14)11(3)10(9)2/h4,6,8H,5,7,14H2,1-3H3. The first-order chi connectivity index (χ1) is 7.11. The van der Waals surface area contributed by atoms with Crippen LogP contribution in [0, 0.1) is 20.8 Å². The maximum atomic E-state index is 6.16. The van der Waals surface area contributed by atoms with E-state index >= 15 is 0 Å². The number of nitrogens with two attached hydrogens (primary N) is 1. The molecule has 0 radical (unpaired) electrons. The third kappa shape index (κ3) is 1.60. The molecule has 0 saturated heterocycles. The van der Waals surface area contributed by atoms with E-state index < -0.39 is 0 Å². The van der Waals surface area contributed by atoms with Gasteiger partial charge in [-0.15, -0.1) is 0 Å². The van der Waals surface area contributed by atoms with Crippen molar-refractivity contribution in [2.24, 2.45) is 0 Å². The fourth-order valence-electron chi connectivity index (χ4n) is 2.01. The topological polar surface area (TPSA) is 29.3 Å². The van der Waals surface area contributed by atoms with Gasteiger partial charge >= 0.3 is 0 Å². The van der Waals surface area contributed by atoms with Crippen molar-refractivity contribution in [2.75, 3.05) is 17.2 Å². The van der Waals surface area contributed by atoms with Crippen LogP contribution in [0.15, 0.2) is 18.3 Å². The molecule has 1 aliphatic rings. The van der Waals surface area contributed by atoms with Crippen LogP contribution < -0.4 is 10.6 Å². The van der Waals surface area contributed by atoms with E-state index in [1.54, 1.807) is 0 Å². The zero-order chi connectivity index (χ0) is 11.0. The average molecular weight is 202 g/mol. The quantitative estimate of drug-likeness (QED) is 0.709. The number of nitrogens with zero attached hydrogens (tertiary/aromatic N) is 1. The molecule has 2 heteroatoms. The maximum Gasteiger partial charge on any atom is 0.0645 e. The van der Waals surface area contributed by atoms with Crippen LogP contribution in [0.3, 0.4) is 0 Å². The van der Waals surface area contributed by atoms with E-state index in [-0.39, 0.29) is 0 Å². The van der Waals surface area contributed by atoms with Gasteiger partial charge in [-0.1, -0.05) is 6.08 Å². The second-order valence-corrected chi connectivity index (χ2v) is 4.24. The van der Waals surface area contributed by atoms with E-state index in [0.29, 0.717) is 0 Å². The van der Waals surface area contributed by atoms with Crippen LogP contribution in [0.1, 0.15) is 23.1 Å². The molecule has 2 N–H and O–H groups in total. The van der Waals surface area contributed by atoms with Crippen molar-refractivity contribution in [1.82, 2.24) is 0 Å². The third-order valence-electron chi connectivity index (χ3n) is 3.32. The summed E-state index contributed by atoms with van der Waals surface area (Å²) in [4.78, 5) is 2.23. The number of rotatable bonds is 1. The lowest BCUT2D eigenvalue weighted by Gasteiger charge is -2.21. The Balaban J connectivity index is 2.52. The Morgan fingerprint density at radius 2 is 1.93 bits per heavy atom. The summed E-state index contributed by atoms with van der Waals surface area (Å²) in [6.07, 6.45) is 5.43. The van der Waals surface area contributed by atoms with Crippen molar-refractivity contribution in [3.8, 4) is 0 Å². The summed E-state index contributed by atoms with van der Waals surface area (Å²) in [5.41, 5.74) is 12.1. The molecule has 2 rings (SSSR count). The summed E-state index contributed by atoms with van der Waals surface area (Å²) < 4.78 is 0. The van der Waals surface area contributed by atoms with Crippen molar-refractivity contribution in [1.29, 1.82) is 0 Å². The van der Waals surface area contributed by atoms with Crippen LogP contribution in [-0.2, 0) is 0 Å². The van der Waals surface area contributed by atoms with E-state index in [4.69, 9.17) is 5.73 Å². The molecule has 0 amide bonds. The molecule has 0 atom stereocenters. The van der Waals surface area contributed by atoms with Crippen LogP contribution in [0.25, 0.3) is 0 Å². The minimum absolute atomic E-state index is 0.921. The molecule has 0 aliphatic carbocycles. The van der Waals surface area contributed by atoms with E-state index in [2.05, 4.69) is 44.0 Å². The normalized spacial score (nSPS) is 15.0. The molecule has 2 nitrogen and oxygen atoms in total. The van der Waals surface area contributed by atoms with E-state index in [0.717, 1.165) is 24.3 Å². The predicted molar refractivity (Wildman–Crippen MR) is 66.2 cm³/mol. The first kappa shape index (κ1) is 10.1. The van der Waals surface area contributed by atoms with Gasteiger partial charge in [0.2, 0.25) is 0 Å². The van der Waals surface area contributed by atoms with Crippen molar-refractivity contribution < 1.29 is 0 Å². The molecule has 1 aliphatic heterocycles. The highest BCUT2D eigenvalue weighted by Crippen LogP contribution is 2.32. The molecule has 80 valence electrons. The molecule has 1 aromatic rings. The molecule has 0 spiro atoms. The molecular formula is C13H18N2. The molecule has 1 aromatic carbocycles. The highest BCUT2D eigenvalue weighted by Gasteiger charge is 2.14. The third-order valence-corrected chi connectivity index (χ3v) is 3.32. The number of hydrogen-bond acceptors (Lipinski definition) is 2. The molecule has 0 bridgehead atoms. The van der Waals surface area contributed by atoms with Crippen LogP contribution in [-0.4, -0.2) is 6.54 Å². The summed E-state index contributed by atoms with van der Waals surface area (Å²) in [5.74, 6) is 0. The second kappa shape index (κ2) is 3.61. The van der Waals surface area contributed by atoms with E-state index in [1.165, 1.54) is 16.7 Å². The van der Waals surface area contributed by atoms with E-state index in [9.17, 15) is 0 Å². The zero-order valence-electron chi connectivity index (χ0n) is 9.67. The van der Waals surface area contributed by atoms with Gasteiger partial charge in [-0.25, -0.2) is 0 Å². The Kier molecular flexibility index (Phi) is 2.43. The summed E-state index contributed by atoms with van der Waals surface area (Å²) in [7, 11) is 0. The van der Waals surface area contributed by atoms with Crippen molar-refractivity contribution in [3.63, 3.8) is 0 Å². The van der Waals surface area contributed by atoms with Crippen LogP contribution in [0.5, 0.6) is 0 Å². The smallest absolute Gasteiger partial charge is 0.0645 e. The van der Waals surface area contributed by atoms with Gasteiger partial charge in [-0.3, -0.25) is 0 Å². The monoisotopic (exact) mass is 202 g/mol. The minimum atomic E-state index is 0.921. The van der Waals surface area contributed by atoms with Gasteiger partial charge in [0.15, 0.2) is 0 Å². The second-order valence-electron chi connectivity index (χ2n) is 4.24. The van der Waals surface area contributed by atoms with Crippen molar-refractivity contribution in [2.45, 2.75) is 27.2 Å². The summed E-state index contributed by atoms with van der Waals surface area (Å²) in [6, 6.07) is 2.19. The summed E-state index contributed by atoms with van der Waals surface area (Å²) >= 11 is 0. The minimum Gasteiger partial charge on any atom is -0.397 e. The zero-order valence-corrected chi connectivity index (χ0v) is 9.67. The molecule has 15 heavy (non-hydrogen) atoms. The Hall–Kier alpha value is -1.44. The van der Waals surface area contributed by atoms with Crippen LogP contribution in [0.4, 0.5) is 11.4 Å². The Morgan fingerprint density at radius 3 is 2.53 bits per heavy atom. The molecule has 0 fully saturated rings. The number of nitrogen functional groups attached to an aromatic ring is 1. The fraction of sp³-hybridized carbons (Fsp3) is 0.385.